The second-order valence-electron chi connectivity index (χ2n) is 15.9. The average Bonchev–Trinajstić information content (AvgIpc) is 3.38. The van der Waals surface area contributed by atoms with E-state index in [1.54, 1.807) is 32.7 Å². The SMILES string of the molecule is Cn1c(=O)n(C2CCC(=O)NC2=O)c2ccc(CCCC3CCN(C(=O)[C@H](Cc4ccc(F)c(F)c4)NC(=O)[C@H](CCC(N)=O)NC(=O)OC(C)(C)C)CC3)cc21. The Morgan fingerprint density at radius 2 is 1.63 bits per heavy atom. The highest BCUT2D eigenvalue weighted by atomic mass is 19.2. The summed E-state index contributed by atoms with van der Waals surface area (Å²) in [5.74, 6) is -4.60. The molecule has 5 N–H and O–H groups in total. The van der Waals surface area contributed by atoms with Crippen molar-refractivity contribution in [2.45, 2.75) is 109 Å². The molecule has 308 valence electrons. The van der Waals surface area contributed by atoms with E-state index >= 15 is 0 Å². The maximum Gasteiger partial charge on any atom is 0.408 e. The van der Waals surface area contributed by atoms with Crippen molar-refractivity contribution in [2.24, 2.45) is 18.7 Å². The predicted octanol–water partition coefficient (Wildman–Crippen LogP) is 3.04. The Labute approximate surface area is 328 Å². The fourth-order valence-electron chi connectivity index (χ4n) is 7.43. The minimum atomic E-state index is -1.28. The molecule has 3 atom stereocenters. The number of aromatic nitrogens is 2. The molecule has 2 aromatic carbocycles. The van der Waals surface area contributed by atoms with Crippen molar-refractivity contribution in [3.63, 3.8) is 0 Å². The van der Waals surface area contributed by atoms with Crippen molar-refractivity contribution < 1.29 is 42.3 Å². The van der Waals surface area contributed by atoms with E-state index in [1.165, 1.54) is 15.2 Å². The molecule has 17 heteroatoms. The second kappa shape index (κ2) is 18.1. The van der Waals surface area contributed by atoms with Gasteiger partial charge < -0.3 is 26.0 Å². The van der Waals surface area contributed by atoms with E-state index in [0.29, 0.717) is 42.9 Å². The molecule has 1 unspecified atom stereocenters. The van der Waals surface area contributed by atoms with Gasteiger partial charge in [0.1, 0.15) is 23.7 Å². The number of ether oxygens (including phenoxy) is 1. The number of rotatable bonds is 14. The Bertz CT molecular complexity index is 2080. The van der Waals surface area contributed by atoms with Gasteiger partial charge in [0.25, 0.3) is 0 Å². The van der Waals surface area contributed by atoms with Gasteiger partial charge in [-0.2, -0.15) is 0 Å². The lowest BCUT2D eigenvalue weighted by Crippen LogP contribution is -2.56. The number of fused-ring (bicyclic) bond motifs is 1. The number of hydrogen-bond donors (Lipinski definition) is 4. The quantitative estimate of drug-likeness (QED) is 0.178. The Hall–Kier alpha value is -5.61. The fourth-order valence-corrected chi connectivity index (χ4v) is 7.43. The monoisotopic (exact) mass is 795 g/mol. The number of nitrogens with one attached hydrogen (secondary N) is 3. The molecule has 2 aliphatic heterocycles. The van der Waals surface area contributed by atoms with E-state index in [-0.39, 0.29) is 49.3 Å². The third kappa shape index (κ3) is 11.0. The van der Waals surface area contributed by atoms with Crippen LogP contribution in [-0.4, -0.2) is 80.4 Å². The van der Waals surface area contributed by atoms with Gasteiger partial charge in [-0.3, -0.25) is 38.4 Å². The normalized spacial score (nSPS) is 17.5. The van der Waals surface area contributed by atoms with Gasteiger partial charge in [0, 0.05) is 39.4 Å². The number of imide groups is 1. The molecule has 0 saturated carbocycles. The lowest BCUT2D eigenvalue weighted by molar-refractivity contribution is -0.138. The molecule has 3 heterocycles. The van der Waals surface area contributed by atoms with Crippen molar-refractivity contribution >= 4 is 46.7 Å². The van der Waals surface area contributed by atoms with Crippen LogP contribution in [-0.2, 0) is 48.6 Å². The zero-order valence-electron chi connectivity index (χ0n) is 32.7. The number of alkyl carbamates (subject to hydrolysis) is 1. The van der Waals surface area contributed by atoms with Crippen LogP contribution >= 0.6 is 0 Å². The number of piperidine rings is 2. The molecule has 0 radical (unpaired) electrons. The molecule has 5 rings (SSSR count). The van der Waals surface area contributed by atoms with Crippen LogP contribution in [0.5, 0.6) is 0 Å². The number of benzene rings is 2. The van der Waals surface area contributed by atoms with Gasteiger partial charge in [-0.1, -0.05) is 12.1 Å². The lowest BCUT2D eigenvalue weighted by atomic mass is 9.90. The van der Waals surface area contributed by atoms with Crippen molar-refractivity contribution in [2.75, 3.05) is 13.1 Å². The van der Waals surface area contributed by atoms with Crippen LogP contribution < -0.4 is 27.4 Å². The number of halogens is 2. The molecule has 0 bridgehead atoms. The van der Waals surface area contributed by atoms with Gasteiger partial charge in [0.2, 0.25) is 29.5 Å². The molecule has 15 nitrogen and oxygen atoms in total. The Morgan fingerprint density at radius 3 is 2.28 bits per heavy atom. The summed E-state index contributed by atoms with van der Waals surface area (Å²) in [7, 11) is 1.66. The standard InChI is InChI=1S/C40H51F2N7O8/c1-40(2,3)57-38(55)45-28(11-14-33(43)50)35(52)44-29(21-25-8-10-26(41)27(42)20-25)37(54)48-18-16-23(17-19-48)6-5-7-24-9-12-30-32(22-24)47(4)39(56)49(30)31-13-15-34(51)46-36(31)53/h8-10,12,20,22-23,28-29,31H,5-7,11,13-19,21H2,1-4H3,(H2,43,50)(H,44,52)(H,45,55)(H,46,51,53)/t28-,29-,31?/m0/s1. The first-order valence-corrected chi connectivity index (χ1v) is 19.2. The molecule has 2 saturated heterocycles. The van der Waals surface area contributed by atoms with Crippen molar-refractivity contribution in [1.82, 2.24) is 30.0 Å². The van der Waals surface area contributed by atoms with Crippen LogP contribution in [0, 0.1) is 17.6 Å². The summed E-state index contributed by atoms with van der Waals surface area (Å²) in [5.41, 5.74) is 6.71. The molecule has 0 aliphatic carbocycles. The number of nitrogens with two attached hydrogens (primary N) is 1. The van der Waals surface area contributed by atoms with Crippen molar-refractivity contribution in [3.8, 4) is 0 Å². The largest absolute Gasteiger partial charge is 0.444 e. The number of carbonyl (C=O) groups is 6. The average molecular weight is 796 g/mol. The summed E-state index contributed by atoms with van der Waals surface area (Å²) in [6.45, 7) is 5.73. The van der Waals surface area contributed by atoms with Gasteiger partial charge >= 0.3 is 11.8 Å². The van der Waals surface area contributed by atoms with Crippen LogP contribution in [0.4, 0.5) is 13.6 Å². The van der Waals surface area contributed by atoms with Crippen molar-refractivity contribution in [3.05, 3.63) is 69.6 Å². The summed E-state index contributed by atoms with van der Waals surface area (Å²) in [4.78, 5) is 90.7. The zero-order chi connectivity index (χ0) is 41.6. The Morgan fingerprint density at radius 1 is 0.930 bits per heavy atom. The number of aryl methyl sites for hydroxylation is 2. The summed E-state index contributed by atoms with van der Waals surface area (Å²) < 4.78 is 36.2. The number of carbonyl (C=O) groups excluding carboxylic acids is 6. The zero-order valence-corrected chi connectivity index (χ0v) is 32.7. The molecule has 2 aliphatic rings. The number of hydrogen-bond acceptors (Lipinski definition) is 8. The van der Waals surface area contributed by atoms with Gasteiger partial charge in [0.05, 0.1) is 11.0 Å². The van der Waals surface area contributed by atoms with Crippen LogP contribution in [0.2, 0.25) is 0 Å². The van der Waals surface area contributed by atoms with E-state index in [0.717, 1.165) is 37.0 Å². The maximum atomic E-state index is 14.2. The maximum absolute atomic E-state index is 14.2. The van der Waals surface area contributed by atoms with Crippen LogP contribution in [0.1, 0.15) is 89.3 Å². The third-order valence-electron chi connectivity index (χ3n) is 10.4. The number of nitrogens with zero attached hydrogens (tertiary/aromatic N) is 3. The topological polar surface area (TPSA) is 204 Å². The first-order chi connectivity index (χ1) is 26.9. The van der Waals surface area contributed by atoms with E-state index in [9.17, 15) is 42.3 Å². The first kappa shape index (κ1) is 42.5. The van der Waals surface area contributed by atoms with Gasteiger partial charge in [-0.25, -0.2) is 18.4 Å². The number of primary amides is 1. The molecule has 1 aromatic heterocycles. The molecule has 0 spiro atoms. The minimum Gasteiger partial charge on any atom is -0.444 e. The fraction of sp³-hybridized carbons (Fsp3) is 0.525. The third-order valence-corrected chi connectivity index (χ3v) is 10.4. The molecule has 2 fully saturated rings. The lowest BCUT2D eigenvalue weighted by Gasteiger charge is -2.35. The minimum absolute atomic E-state index is 0.161. The number of likely N-dealkylation sites (tertiary alicyclic amines) is 1. The Balaban J connectivity index is 1.21. The number of amides is 6. The van der Waals surface area contributed by atoms with E-state index in [1.807, 2.05) is 18.2 Å². The summed E-state index contributed by atoms with van der Waals surface area (Å²) >= 11 is 0. The number of imidazole rings is 1. The van der Waals surface area contributed by atoms with Gasteiger partial charge in [-0.15, -0.1) is 0 Å². The van der Waals surface area contributed by atoms with E-state index in [4.69, 9.17) is 10.5 Å². The van der Waals surface area contributed by atoms with Gasteiger partial charge in [-0.05, 0) is 107 Å². The van der Waals surface area contributed by atoms with Gasteiger partial charge in [0.15, 0.2) is 11.6 Å². The second-order valence-corrected chi connectivity index (χ2v) is 15.9. The highest BCUT2D eigenvalue weighted by Crippen LogP contribution is 2.27. The van der Waals surface area contributed by atoms with Crippen molar-refractivity contribution in [1.29, 1.82) is 0 Å². The van der Waals surface area contributed by atoms with E-state index in [2.05, 4.69) is 16.0 Å². The predicted molar refractivity (Wildman–Crippen MR) is 204 cm³/mol. The highest BCUT2D eigenvalue weighted by Gasteiger charge is 2.34. The molecule has 57 heavy (non-hydrogen) atoms. The smallest absolute Gasteiger partial charge is 0.408 e. The first-order valence-electron chi connectivity index (χ1n) is 19.2. The summed E-state index contributed by atoms with van der Waals surface area (Å²) in [5, 5.41) is 7.43. The molecular weight excluding hydrogens is 744 g/mol. The molecule has 6 amide bonds. The Kier molecular flexibility index (Phi) is 13.5. The van der Waals surface area contributed by atoms with Crippen LogP contribution in [0.15, 0.2) is 41.2 Å². The summed E-state index contributed by atoms with van der Waals surface area (Å²) in [6.07, 6.45) is 2.79. The molecule has 3 aromatic rings. The van der Waals surface area contributed by atoms with Crippen LogP contribution in [0.25, 0.3) is 11.0 Å². The van der Waals surface area contributed by atoms with Crippen LogP contribution in [0.3, 0.4) is 0 Å². The highest BCUT2D eigenvalue weighted by molar-refractivity contribution is 6.00. The molecular formula is C40H51F2N7O8. The van der Waals surface area contributed by atoms with E-state index < -0.39 is 65.1 Å². The summed E-state index contributed by atoms with van der Waals surface area (Å²) in [6, 6.07) is 5.71.